The molecule has 20 heavy (non-hydrogen) atoms. The van der Waals surface area contributed by atoms with E-state index in [0.29, 0.717) is 0 Å². The minimum atomic E-state index is -1.13. The zero-order valence-corrected chi connectivity index (χ0v) is 10.9. The van der Waals surface area contributed by atoms with Crippen LogP contribution in [-0.4, -0.2) is 36.2 Å². The normalized spacial score (nSPS) is 9.65. The van der Waals surface area contributed by atoms with Crippen LogP contribution in [0.1, 0.15) is 27.6 Å². The van der Waals surface area contributed by atoms with E-state index in [9.17, 15) is 14.4 Å². The van der Waals surface area contributed by atoms with Crippen LogP contribution in [-0.2, 0) is 14.3 Å². The lowest BCUT2D eigenvalue weighted by Crippen LogP contribution is -2.14. The molecular weight excluding hydrogens is 264 g/mol. The fraction of sp³-hybridized carbons (Fsp3) is 0.214. The van der Waals surface area contributed by atoms with Gasteiger partial charge in [0.05, 0.1) is 11.1 Å². The van der Waals surface area contributed by atoms with E-state index in [1.165, 1.54) is 31.2 Å². The van der Waals surface area contributed by atoms with Gasteiger partial charge in [0.15, 0.2) is 0 Å². The Kier molecular flexibility index (Phi) is 5.46. The molecule has 6 heteroatoms. The van der Waals surface area contributed by atoms with E-state index >= 15 is 0 Å². The summed E-state index contributed by atoms with van der Waals surface area (Å²) in [4.78, 5) is 33.4. The van der Waals surface area contributed by atoms with Crippen molar-refractivity contribution in [2.75, 3.05) is 13.2 Å². The summed E-state index contributed by atoms with van der Waals surface area (Å²) in [5.41, 5.74) is 0.370. The second-order valence-electron chi connectivity index (χ2n) is 3.94. The van der Waals surface area contributed by atoms with Crippen molar-refractivity contribution in [1.29, 1.82) is 0 Å². The Morgan fingerprint density at radius 3 is 2.35 bits per heavy atom. The molecule has 1 aromatic carbocycles. The van der Waals surface area contributed by atoms with Gasteiger partial charge in [0.25, 0.3) is 0 Å². The molecule has 106 valence electrons. The Bertz CT molecular complexity index is 546. The highest BCUT2D eigenvalue weighted by atomic mass is 16.6. The summed E-state index contributed by atoms with van der Waals surface area (Å²) in [6, 6.07) is 5.47. The number of esters is 2. The van der Waals surface area contributed by atoms with Crippen LogP contribution in [0.5, 0.6) is 0 Å². The number of aromatic carboxylic acids is 1. The first kappa shape index (κ1) is 15.4. The molecule has 0 amide bonds. The predicted molar refractivity (Wildman–Crippen MR) is 69.5 cm³/mol. The number of rotatable bonds is 6. The topological polar surface area (TPSA) is 89.9 Å². The molecule has 0 spiro atoms. The van der Waals surface area contributed by atoms with Crippen LogP contribution in [0.2, 0.25) is 0 Å². The van der Waals surface area contributed by atoms with Crippen LogP contribution >= 0.6 is 0 Å². The van der Waals surface area contributed by atoms with E-state index in [4.69, 9.17) is 14.6 Å². The van der Waals surface area contributed by atoms with Crippen molar-refractivity contribution in [2.24, 2.45) is 0 Å². The fourth-order valence-electron chi connectivity index (χ4n) is 1.25. The molecule has 0 atom stereocenters. The van der Waals surface area contributed by atoms with E-state index in [1.54, 1.807) is 0 Å². The van der Waals surface area contributed by atoms with Gasteiger partial charge in [-0.1, -0.05) is 12.6 Å². The molecule has 0 saturated heterocycles. The third-order valence-electron chi connectivity index (χ3n) is 2.24. The molecular formula is C14H14O6. The van der Waals surface area contributed by atoms with E-state index < -0.39 is 17.9 Å². The van der Waals surface area contributed by atoms with Crippen LogP contribution in [0.4, 0.5) is 0 Å². The van der Waals surface area contributed by atoms with Gasteiger partial charge in [-0.3, -0.25) is 0 Å². The van der Waals surface area contributed by atoms with Gasteiger partial charge >= 0.3 is 17.9 Å². The summed E-state index contributed by atoms with van der Waals surface area (Å²) in [7, 11) is 0. The fourth-order valence-corrected chi connectivity index (χ4v) is 1.25. The molecule has 0 saturated carbocycles. The van der Waals surface area contributed by atoms with Gasteiger partial charge in [0, 0.05) is 5.57 Å². The summed E-state index contributed by atoms with van der Waals surface area (Å²) < 4.78 is 9.60. The zero-order chi connectivity index (χ0) is 15.1. The van der Waals surface area contributed by atoms with Crippen molar-refractivity contribution in [3.63, 3.8) is 0 Å². The molecule has 0 aromatic heterocycles. The monoisotopic (exact) mass is 278 g/mol. The highest BCUT2D eigenvalue weighted by Gasteiger charge is 2.11. The second-order valence-corrected chi connectivity index (χ2v) is 3.94. The first-order chi connectivity index (χ1) is 9.41. The number of ether oxygens (including phenoxy) is 2. The SMILES string of the molecule is C=C(C)C(=O)OCCOC(=O)c1cccc(C(=O)O)c1. The standard InChI is InChI=1S/C14H14O6/c1-9(2)13(17)19-6-7-20-14(18)11-5-3-4-10(8-11)12(15)16/h3-5,8H,1,6-7H2,2H3,(H,15,16). The van der Waals surface area contributed by atoms with Gasteiger partial charge in [0.1, 0.15) is 13.2 Å². The van der Waals surface area contributed by atoms with Crippen LogP contribution < -0.4 is 0 Å². The quantitative estimate of drug-likeness (QED) is 0.483. The summed E-state index contributed by atoms with van der Waals surface area (Å²) in [5.74, 6) is -2.37. The molecule has 0 unspecified atom stereocenters. The first-order valence-electron chi connectivity index (χ1n) is 5.75. The van der Waals surface area contributed by atoms with E-state index in [1.807, 2.05) is 0 Å². The lowest BCUT2D eigenvalue weighted by molar-refractivity contribution is -0.140. The van der Waals surface area contributed by atoms with Crippen molar-refractivity contribution in [3.05, 3.63) is 47.5 Å². The van der Waals surface area contributed by atoms with Gasteiger partial charge < -0.3 is 14.6 Å². The lowest BCUT2D eigenvalue weighted by Gasteiger charge is -2.06. The molecule has 0 bridgehead atoms. The Balaban J connectivity index is 2.47. The number of carboxylic acid groups (broad SMARTS) is 1. The van der Waals surface area contributed by atoms with Crippen LogP contribution in [0, 0.1) is 0 Å². The lowest BCUT2D eigenvalue weighted by atomic mass is 10.1. The molecule has 0 aliphatic carbocycles. The van der Waals surface area contributed by atoms with Crippen LogP contribution in [0.3, 0.4) is 0 Å². The largest absolute Gasteiger partial charge is 0.478 e. The molecule has 1 rings (SSSR count). The first-order valence-corrected chi connectivity index (χ1v) is 5.75. The molecule has 1 N–H and O–H groups in total. The van der Waals surface area contributed by atoms with E-state index in [0.717, 1.165) is 0 Å². The average Bonchev–Trinajstić information content (AvgIpc) is 2.43. The van der Waals surface area contributed by atoms with Crippen molar-refractivity contribution in [2.45, 2.75) is 6.92 Å². The van der Waals surface area contributed by atoms with Gasteiger partial charge in [-0.2, -0.15) is 0 Å². The smallest absolute Gasteiger partial charge is 0.338 e. The summed E-state index contributed by atoms with van der Waals surface area (Å²) in [6.45, 7) is 4.71. The molecule has 1 aromatic rings. The summed E-state index contributed by atoms with van der Waals surface area (Å²) in [5, 5.41) is 8.80. The predicted octanol–water partition coefficient (Wildman–Crippen LogP) is 1.66. The van der Waals surface area contributed by atoms with Crippen molar-refractivity contribution < 1.29 is 29.0 Å². The third kappa shape index (κ3) is 4.56. The Hall–Kier alpha value is -2.63. The van der Waals surface area contributed by atoms with Crippen molar-refractivity contribution in [3.8, 4) is 0 Å². The third-order valence-corrected chi connectivity index (χ3v) is 2.24. The minimum absolute atomic E-state index is 0.00633. The highest BCUT2D eigenvalue weighted by molar-refractivity contribution is 5.94. The molecule has 6 nitrogen and oxygen atoms in total. The minimum Gasteiger partial charge on any atom is -0.478 e. The van der Waals surface area contributed by atoms with Crippen molar-refractivity contribution >= 4 is 17.9 Å². The number of hydrogen-bond donors (Lipinski definition) is 1. The Labute approximate surface area is 115 Å². The molecule has 0 aliphatic rings. The number of hydrogen-bond acceptors (Lipinski definition) is 5. The number of carbonyl (C=O) groups is 3. The molecule has 0 fully saturated rings. The number of carboxylic acids is 1. The van der Waals surface area contributed by atoms with Crippen LogP contribution in [0.15, 0.2) is 36.4 Å². The van der Waals surface area contributed by atoms with E-state index in [-0.39, 0.29) is 29.9 Å². The van der Waals surface area contributed by atoms with Gasteiger partial charge in [-0.15, -0.1) is 0 Å². The Morgan fingerprint density at radius 2 is 1.75 bits per heavy atom. The average molecular weight is 278 g/mol. The maximum Gasteiger partial charge on any atom is 0.338 e. The Morgan fingerprint density at radius 1 is 1.15 bits per heavy atom. The number of benzene rings is 1. The van der Waals surface area contributed by atoms with Crippen LogP contribution in [0.25, 0.3) is 0 Å². The zero-order valence-electron chi connectivity index (χ0n) is 10.9. The summed E-state index contributed by atoms with van der Waals surface area (Å²) in [6.07, 6.45) is 0. The van der Waals surface area contributed by atoms with Gasteiger partial charge in [-0.05, 0) is 25.1 Å². The highest BCUT2D eigenvalue weighted by Crippen LogP contribution is 2.07. The molecule has 0 heterocycles. The molecule has 0 aliphatic heterocycles. The maximum absolute atomic E-state index is 11.6. The molecule has 0 radical (unpaired) electrons. The van der Waals surface area contributed by atoms with Gasteiger partial charge in [0.2, 0.25) is 0 Å². The second kappa shape index (κ2) is 7.08. The maximum atomic E-state index is 11.6. The number of carbonyl (C=O) groups excluding carboxylic acids is 2. The van der Waals surface area contributed by atoms with Crippen molar-refractivity contribution in [1.82, 2.24) is 0 Å². The summed E-state index contributed by atoms with van der Waals surface area (Å²) >= 11 is 0. The van der Waals surface area contributed by atoms with Gasteiger partial charge in [-0.25, -0.2) is 14.4 Å². The van der Waals surface area contributed by atoms with E-state index in [2.05, 4.69) is 6.58 Å².